The average molecular weight is 415 g/mol. The van der Waals surface area contributed by atoms with Crippen molar-refractivity contribution in [2.75, 3.05) is 33.4 Å². The summed E-state index contributed by atoms with van der Waals surface area (Å²) in [6, 6.07) is 8.33. The Morgan fingerprint density at radius 1 is 1.27 bits per heavy atom. The Balaban J connectivity index is 1.39. The van der Waals surface area contributed by atoms with Crippen LogP contribution in [0.5, 0.6) is 0 Å². The van der Waals surface area contributed by atoms with E-state index in [-0.39, 0.29) is 30.2 Å². The standard InChI is InChI=1S/C23H30N2O5/c1-15-19(13-24-8-7-16-12-25-21-6-4-3-5-17(16)21)18(11-22-28-9-10-29-22)20(14-30-15)23(26)27-2/h3-6,12,14-15,18-19,22,24-25H,7-11,13H2,1-2H3/t15-,18-,19+/m0/s1. The van der Waals surface area contributed by atoms with Crippen molar-refractivity contribution in [2.45, 2.75) is 32.2 Å². The molecule has 2 aliphatic rings. The fourth-order valence-electron chi connectivity index (χ4n) is 4.43. The fourth-order valence-corrected chi connectivity index (χ4v) is 4.43. The highest BCUT2D eigenvalue weighted by Gasteiger charge is 2.39. The van der Waals surface area contributed by atoms with Crippen molar-refractivity contribution in [3.8, 4) is 0 Å². The van der Waals surface area contributed by atoms with Gasteiger partial charge in [0, 0.05) is 41.9 Å². The number of benzene rings is 1. The van der Waals surface area contributed by atoms with Gasteiger partial charge in [-0.3, -0.25) is 0 Å². The van der Waals surface area contributed by atoms with Crippen LogP contribution in [-0.4, -0.2) is 56.8 Å². The highest BCUT2D eigenvalue weighted by atomic mass is 16.7. The number of rotatable bonds is 8. The van der Waals surface area contributed by atoms with Crippen LogP contribution in [-0.2, 0) is 30.2 Å². The number of aromatic amines is 1. The average Bonchev–Trinajstić information content (AvgIpc) is 3.42. The van der Waals surface area contributed by atoms with Crippen molar-refractivity contribution >= 4 is 16.9 Å². The van der Waals surface area contributed by atoms with Gasteiger partial charge in [0.2, 0.25) is 0 Å². The molecule has 3 heterocycles. The summed E-state index contributed by atoms with van der Waals surface area (Å²) in [6.07, 6.45) is 4.86. The lowest BCUT2D eigenvalue weighted by molar-refractivity contribution is -0.139. The van der Waals surface area contributed by atoms with Gasteiger partial charge in [-0.15, -0.1) is 0 Å². The van der Waals surface area contributed by atoms with Crippen LogP contribution in [0.3, 0.4) is 0 Å². The monoisotopic (exact) mass is 414 g/mol. The highest BCUT2D eigenvalue weighted by molar-refractivity contribution is 5.89. The largest absolute Gasteiger partial charge is 0.497 e. The smallest absolute Gasteiger partial charge is 0.337 e. The number of aromatic nitrogens is 1. The molecule has 1 saturated heterocycles. The van der Waals surface area contributed by atoms with E-state index < -0.39 is 0 Å². The first-order valence-electron chi connectivity index (χ1n) is 10.6. The van der Waals surface area contributed by atoms with Crippen LogP contribution >= 0.6 is 0 Å². The Hall–Kier alpha value is -2.35. The molecule has 4 rings (SSSR count). The topological polar surface area (TPSA) is 81.8 Å². The Bertz CT molecular complexity index is 887. The van der Waals surface area contributed by atoms with E-state index >= 15 is 0 Å². The molecule has 7 nitrogen and oxygen atoms in total. The molecular formula is C23H30N2O5. The van der Waals surface area contributed by atoms with Gasteiger partial charge in [0.15, 0.2) is 6.29 Å². The van der Waals surface area contributed by atoms with E-state index in [1.807, 2.05) is 13.0 Å². The first kappa shape index (κ1) is 20.9. The number of carbonyl (C=O) groups excluding carboxylic acids is 1. The van der Waals surface area contributed by atoms with Crippen molar-refractivity contribution in [3.05, 3.63) is 47.9 Å². The van der Waals surface area contributed by atoms with Gasteiger partial charge in [-0.2, -0.15) is 0 Å². The molecule has 0 aliphatic carbocycles. The van der Waals surface area contributed by atoms with Crippen molar-refractivity contribution in [3.63, 3.8) is 0 Å². The molecule has 2 N–H and O–H groups in total. The van der Waals surface area contributed by atoms with Gasteiger partial charge in [-0.05, 0) is 31.5 Å². The molecule has 0 bridgehead atoms. The maximum Gasteiger partial charge on any atom is 0.337 e. The Labute approximate surface area is 176 Å². The zero-order valence-electron chi connectivity index (χ0n) is 17.6. The number of nitrogens with one attached hydrogen (secondary N) is 2. The van der Waals surface area contributed by atoms with Crippen LogP contribution in [0.4, 0.5) is 0 Å². The minimum atomic E-state index is -0.353. The molecule has 1 aromatic carbocycles. The molecule has 0 amide bonds. The van der Waals surface area contributed by atoms with E-state index in [9.17, 15) is 4.79 Å². The summed E-state index contributed by atoms with van der Waals surface area (Å²) < 4.78 is 22.1. The Morgan fingerprint density at radius 3 is 2.87 bits per heavy atom. The molecule has 1 fully saturated rings. The summed E-state index contributed by atoms with van der Waals surface area (Å²) in [5.41, 5.74) is 3.01. The number of hydrogen-bond donors (Lipinski definition) is 2. The number of fused-ring (bicyclic) bond motifs is 1. The third kappa shape index (κ3) is 4.53. The van der Waals surface area contributed by atoms with Gasteiger partial charge >= 0.3 is 5.97 Å². The van der Waals surface area contributed by atoms with Gasteiger partial charge in [-0.1, -0.05) is 18.2 Å². The second kappa shape index (κ2) is 9.64. The van der Waals surface area contributed by atoms with Crippen LogP contribution in [0.1, 0.15) is 18.9 Å². The van der Waals surface area contributed by atoms with Crippen LogP contribution in [0.25, 0.3) is 10.9 Å². The van der Waals surface area contributed by atoms with Gasteiger partial charge in [0.05, 0.1) is 38.3 Å². The predicted octanol–water partition coefficient (Wildman–Crippen LogP) is 2.77. The number of carbonyl (C=O) groups is 1. The lowest BCUT2D eigenvalue weighted by Crippen LogP contribution is -2.42. The molecule has 0 spiro atoms. The number of ether oxygens (including phenoxy) is 4. The van der Waals surface area contributed by atoms with E-state index in [2.05, 4.69) is 34.7 Å². The van der Waals surface area contributed by atoms with Crippen LogP contribution in [0, 0.1) is 11.8 Å². The van der Waals surface area contributed by atoms with E-state index in [1.54, 1.807) is 6.26 Å². The first-order valence-corrected chi connectivity index (χ1v) is 10.6. The Kier molecular flexibility index (Phi) is 6.72. The highest BCUT2D eigenvalue weighted by Crippen LogP contribution is 2.35. The minimum Gasteiger partial charge on any atom is -0.497 e. The lowest BCUT2D eigenvalue weighted by atomic mass is 9.79. The normalized spacial score (nSPS) is 24.6. The quantitative estimate of drug-likeness (QED) is 0.511. The molecule has 3 atom stereocenters. The summed E-state index contributed by atoms with van der Waals surface area (Å²) in [7, 11) is 1.40. The summed E-state index contributed by atoms with van der Waals surface area (Å²) in [5, 5.41) is 4.83. The molecule has 2 aromatic rings. The maximum absolute atomic E-state index is 12.3. The minimum absolute atomic E-state index is 0.0228. The fraction of sp³-hybridized carbons (Fsp3) is 0.522. The van der Waals surface area contributed by atoms with Crippen molar-refractivity contribution in [1.29, 1.82) is 0 Å². The number of para-hydroxylation sites is 1. The summed E-state index contributed by atoms with van der Waals surface area (Å²) >= 11 is 0. The maximum atomic E-state index is 12.3. The number of methoxy groups -OCH3 is 1. The van der Waals surface area contributed by atoms with Crippen molar-refractivity contribution < 1.29 is 23.7 Å². The van der Waals surface area contributed by atoms with E-state index in [0.29, 0.717) is 25.2 Å². The summed E-state index contributed by atoms with van der Waals surface area (Å²) in [4.78, 5) is 15.7. The first-order chi connectivity index (χ1) is 14.7. The van der Waals surface area contributed by atoms with E-state index in [4.69, 9.17) is 18.9 Å². The molecule has 1 aromatic heterocycles. The van der Waals surface area contributed by atoms with Crippen molar-refractivity contribution in [1.82, 2.24) is 10.3 Å². The number of hydrogen-bond acceptors (Lipinski definition) is 6. The molecule has 30 heavy (non-hydrogen) atoms. The van der Waals surface area contributed by atoms with Gasteiger partial charge in [0.25, 0.3) is 0 Å². The third-order valence-electron chi connectivity index (χ3n) is 6.11. The van der Waals surface area contributed by atoms with Gasteiger partial charge < -0.3 is 29.2 Å². The summed E-state index contributed by atoms with van der Waals surface area (Å²) in [6.45, 7) is 4.79. The number of esters is 1. The van der Waals surface area contributed by atoms with E-state index in [0.717, 1.165) is 25.0 Å². The van der Waals surface area contributed by atoms with E-state index in [1.165, 1.54) is 18.1 Å². The lowest BCUT2D eigenvalue weighted by Gasteiger charge is -2.37. The molecule has 7 heteroatoms. The number of H-pyrrole nitrogens is 1. The second-order valence-corrected chi connectivity index (χ2v) is 7.90. The molecule has 0 radical (unpaired) electrons. The van der Waals surface area contributed by atoms with Gasteiger partial charge in [-0.25, -0.2) is 4.79 Å². The van der Waals surface area contributed by atoms with Gasteiger partial charge in [0.1, 0.15) is 0 Å². The molecule has 0 saturated carbocycles. The predicted molar refractivity (Wildman–Crippen MR) is 113 cm³/mol. The Morgan fingerprint density at radius 2 is 2.07 bits per heavy atom. The van der Waals surface area contributed by atoms with Crippen molar-refractivity contribution in [2.24, 2.45) is 11.8 Å². The third-order valence-corrected chi connectivity index (χ3v) is 6.11. The van der Waals surface area contributed by atoms with Crippen LogP contribution in [0.2, 0.25) is 0 Å². The zero-order valence-corrected chi connectivity index (χ0v) is 17.6. The SMILES string of the molecule is COC(=O)C1=CO[C@@H](C)[C@@H](CNCCc2c[nH]c3ccccc23)[C@@H]1CC1OCCO1. The molecule has 0 unspecified atom stereocenters. The second-order valence-electron chi connectivity index (χ2n) is 7.90. The van der Waals surface area contributed by atoms with Crippen LogP contribution < -0.4 is 5.32 Å². The molecular weight excluding hydrogens is 384 g/mol. The molecule has 2 aliphatic heterocycles. The summed E-state index contributed by atoms with van der Waals surface area (Å²) in [5.74, 6) is -0.293. The molecule has 162 valence electrons. The zero-order chi connectivity index (χ0) is 20.9. The van der Waals surface area contributed by atoms with Crippen LogP contribution in [0.15, 0.2) is 42.3 Å².